The maximum atomic E-state index is 13.8. The number of para-hydroxylation sites is 1. The molecule has 0 saturated carbocycles. The SMILES string of the molecule is CC(C)(C=C(C#N)C(=O)N1CCCCC[C@H]1COC(=O)N[C@@H](Cc1coc2ccccc12)B(O)O)N1CCC(F)(F)C1. The van der Waals surface area contributed by atoms with Crippen molar-refractivity contribution < 1.29 is 37.6 Å². The van der Waals surface area contributed by atoms with E-state index < -0.39 is 49.1 Å². The van der Waals surface area contributed by atoms with Gasteiger partial charge in [-0.05, 0) is 50.8 Å². The van der Waals surface area contributed by atoms with E-state index in [2.05, 4.69) is 5.32 Å². The predicted octanol–water partition coefficient (Wildman–Crippen LogP) is 3.42. The third-order valence-electron chi connectivity index (χ3n) is 8.04. The summed E-state index contributed by atoms with van der Waals surface area (Å²) >= 11 is 0. The number of carbonyl (C=O) groups excluding carboxylic acids is 2. The molecule has 0 radical (unpaired) electrons. The molecule has 42 heavy (non-hydrogen) atoms. The van der Waals surface area contributed by atoms with Crippen LogP contribution in [0.1, 0.15) is 51.5 Å². The van der Waals surface area contributed by atoms with Gasteiger partial charge in [0, 0.05) is 30.4 Å². The van der Waals surface area contributed by atoms with Crippen LogP contribution >= 0.6 is 0 Å². The number of fused-ring (bicyclic) bond motifs is 1. The zero-order valence-corrected chi connectivity index (χ0v) is 23.9. The van der Waals surface area contributed by atoms with Gasteiger partial charge in [0.25, 0.3) is 11.8 Å². The Bertz CT molecular complexity index is 1340. The topological polar surface area (TPSA) is 139 Å². The monoisotopic (exact) mass is 586 g/mol. The van der Waals surface area contributed by atoms with Gasteiger partial charge in [-0.15, -0.1) is 0 Å². The molecule has 0 aliphatic carbocycles. The van der Waals surface area contributed by atoms with Crippen molar-refractivity contribution >= 4 is 30.1 Å². The number of nitrogens with zero attached hydrogens (tertiary/aromatic N) is 3. The van der Waals surface area contributed by atoms with Crippen LogP contribution in [0.4, 0.5) is 13.6 Å². The molecule has 2 fully saturated rings. The highest BCUT2D eigenvalue weighted by molar-refractivity contribution is 6.43. The number of alkyl carbamates (subject to hydrolysis) is 1. The van der Waals surface area contributed by atoms with E-state index in [-0.39, 0.29) is 31.6 Å². The summed E-state index contributed by atoms with van der Waals surface area (Å²) in [6.45, 7) is 3.29. The maximum absolute atomic E-state index is 13.8. The summed E-state index contributed by atoms with van der Waals surface area (Å²) in [4.78, 5) is 29.3. The molecule has 2 atom stereocenters. The van der Waals surface area contributed by atoms with Crippen molar-refractivity contribution in [3.8, 4) is 6.07 Å². The first kappa shape index (κ1) is 31.5. The average molecular weight is 586 g/mol. The number of ether oxygens (including phenoxy) is 1. The Hall–Kier alpha value is -3.47. The molecule has 226 valence electrons. The molecule has 4 rings (SSSR count). The number of nitrogens with one attached hydrogen (secondary N) is 1. The molecule has 0 bridgehead atoms. The number of benzene rings is 1. The first-order valence-corrected chi connectivity index (χ1v) is 14.2. The van der Waals surface area contributed by atoms with E-state index >= 15 is 0 Å². The lowest BCUT2D eigenvalue weighted by atomic mass is 9.76. The minimum atomic E-state index is -2.81. The van der Waals surface area contributed by atoms with Crippen LogP contribution in [0, 0.1) is 11.3 Å². The predicted molar refractivity (Wildman–Crippen MR) is 151 cm³/mol. The molecule has 0 unspecified atom stereocenters. The standard InChI is InChI=1S/C29H37BF2N4O6/c1-28(2,35-13-11-29(31,32)19-35)15-21(16-33)26(37)36-12-7-3-4-8-22(36)18-42-27(38)34-25(30(39)40)14-20-17-41-24-10-6-5-9-23(20)24/h5-6,9-10,15,17,22,25,39-40H,3-4,7-8,11-14,18-19H2,1-2H3,(H,34,38)/t22-,25-/m0/s1. The van der Waals surface area contributed by atoms with Crippen LogP contribution in [0.5, 0.6) is 0 Å². The van der Waals surface area contributed by atoms with Gasteiger partial charge in [0.05, 0.1) is 24.8 Å². The minimum Gasteiger partial charge on any atom is -0.464 e. The Morgan fingerprint density at radius 3 is 2.74 bits per heavy atom. The van der Waals surface area contributed by atoms with Gasteiger partial charge in [0.1, 0.15) is 23.8 Å². The summed E-state index contributed by atoms with van der Waals surface area (Å²) in [7, 11) is -1.87. The van der Waals surface area contributed by atoms with E-state index in [9.17, 15) is 33.7 Å². The molecule has 0 spiro atoms. The average Bonchev–Trinajstić information content (AvgIpc) is 3.44. The van der Waals surface area contributed by atoms with Gasteiger partial charge in [-0.1, -0.05) is 31.0 Å². The molecule has 2 amide bonds. The fourth-order valence-electron chi connectivity index (χ4n) is 5.61. The van der Waals surface area contributed by atoms with Crippen LogP contribution in [0.15, 0.2) is 46.6 Å². The number of amides is 2. The zero-order chi connectivity index (χ0) is 30.5. The van der Waals surface area contributed by atoms with E-state index in [4.69, 9.17) is 9.15 Å². The molecular weight excluding hydrogens is 549 g/mol. The summed E-state index contributed by atoms with van der Waals surface area (Å²) in [6, 6.07) is 8.69. The quantitative estimate of drug-likeness (QED) is 0.231. The van der Waals surface area contributed by atoms with Crippen LogP contribution in [0.2, 0.25) is 0 Å². The Balaban J connectivity index is 1.41. The van der Waals surface area contributed by atoms with Crippen LogP contribution in [0.25, 0.3) is 11.0 Å². The normalized spacial score (nSPS) is 20.5. The van der Waals surface area contributed by atoms with Gasteiger partial charge in [0.2, 0.25) is 0 Å². The molecule has 13 heteroatoms. The Morgan fingerprint density at radius 2 is 2.05 bits per heavy atom. The molecule has 3 N–H and O–H groups in total. The maximum Gasteiger partial charge on any atom is 0.475 e. The smallest absolute Gasteiger partial charge is 0.464 e. The molecule has 10 nitrogen and oxygen atoms in total. The number of furan rings is 1. The second kappa shape index (κ2) is 13.2. The summed E-state index contributed by atoms with van der Waals surface area (Å²) < 4.78 is 38.6. The van der Waals surface area contributed by atoms with Crippen molar-refractivity contribution in [2.45, 2.75) is 75.8 Å². The van der Waals surface area contributed by atoms with Gasteiger partial charge in [0.15, 0.2) is 0 Å². The number of carbonyl (C=O) groups is 2. The first-order chi connectivity index (χ1) is 19.9. The number of likely N-dealkylation sites (tertiary alicyclic amines) is 2. The first-order valence-electron chi connectivity index (χ1n) is 14.2. The Kier molecular flexibility index (Phi) is 9.91. The third-order valence-corrected chi connectivity index (χ3v) is 8.04. The van der Waals surface area contributed by atoms with Gasteiger partial charge in [-0.2, -0.15) is 5.26 Å². The second-order valence-corrected chi connectivity index (χ2v) is 11.6. The number of alkyl halides is 2. The largest absolute Gasteiger partial charge is 0.475 e. The molecule has 2 aliphatic rings. The number of nitriles is 1. The van der Waals surface area contributed by atoms with Gasteiger partial charge in [-0.3, -0.25) is 9.69 Å². The minimum absolute atomic E-state index is 0.0763. The van der Waals surface area contributed by atoms with Gasteiger partial charge in [-0.25, -0.2) is 13.6 Å². The molecule has 2 aromatic rings. The fraction of sp³-hybridized carbons (Fsp3) is 0.552. The van der Waals surface area contributed by atoms with Crippen molar-refractivity contribution in [3.05, 3.63) is 47.7 Å². The number of halogens is 2. The van der Waals surface area contributed by atoms with Gasteiger partial charge < -0.3 is 29.4 Å². The number of rotatable bonds is 9. The third kappa shape index (κ3) is 7.67. The van der Waals surface area contributed by atoms with Crippen molar-refractivity contribution in [1.29, 1.82) is 5.26 Å². The van der Waals surface area contributed by atoms with Crippen molar-refractivity contribution in [3.63, 3.8) is 0 Å². The number of hydrogen-bond donors (Lipinski definition) is 3. The zero-order valence-electron chi connectivity index (χ0n) is 23.9. The lowest BCUT2D eigenvalue weighted by Crippen LogP contribution is -2.49. The van der Waals surface area contributed by atoms with E-state index in [1.165, 1.54) is 17.2 Å². The van der Waals surface area contributed by atoms with E-state index in [1.807, 2.05) is 24.3 Å². The molecule has 3 heterocycles. The van der Waals surface area contributed by atoms with Crippen LogP contribution in [-0.4, -0.2) is 88.7 Å². The molecule has 1 aromatic heterocycles. The fourth-order valence-corrected chi connectivity index (χ4v) is 5.61. The second-order valence-electron chi connectivity index (χ2n) is 11.6. The highest BCUT2D eigenvalue weighted by atomic mass is 19.3. The highest BCUT2D eigenvalue weighted by Crippen LogP contribution is 2.33. The molecule has 2 aliphatic heterocycles. The summed E-state index contributed by atoms with van der Waals surface area (Å²) in [5, 5.41) is 32.9. The highest BCUT2D eigenvalue weighted by Gasteiger charge is 2.43. The van der Waals surface area contributed by atoms with Crippen LogP contribution in [-0.2, 0) is 16.0 Å². The van der Waals surface area contributed by atoms with E-state index in [0.29, 0.717) is 30.5 Å². The molecule has 1 aromatic carbocycles. The lowest BCUT2D eigenvalue weighted by Gasteiger charge is -2.34. The molecule has 2 saturated heterocycles. The molecular formula is C29H37BF2N4O6. The summed E-state index contributed by atoms with van der Waals surface area (Å²) in [6.07, 6.45) is 4.73. The summed E-state index contributed by atoms with van der Waals surface area (Å²) in [5.41, 5.74) is 0.217. The summed E-state index contributed by atoms with van der Waals surface area (Å²) in [5.74, 6) is -4.44. The lowest BCUT2D eigenvalue weighted by molar-refractivity contribution is -0.129. The Labute approximate surface area is 244 Å². The van der Waals surface area contributed by atoms with Gasteiger partial charge >= 0.3 is 13.2 Å². The number of hydrogen-bond acceptors (Lipinski definition) is 8. The van der Waals surface area contributed by atoms with E-state index in [0.717, 1.165) is 18.2 Å². The van der Waals surface area contributed by atoms with Crippen molar-refractivity contribution in [2.24, 2.45) is 0 Å². The van der Waals surface area contributed by atoms with Crippen molar-refractivity contribution in [2.75, 3.05) is 26.2 Å². The van der Waals surface area contributed by atoms with Crippen molar-refractivity contribution in [1.82, 2.24) is 15.1 Å². The Morgan fingerprint density at radius 1 is 1.29 bits per heavy atom. The van der Waals surface area contributed by atoms with Crippen LogP contribution in [0.3, 0.4) is 0 Å². The van der Waals surface area contributed by atoms with E-state index in [1.54, 1.807) is 24.8 Å². The van der Waals surface area contributed by atoms with Crippen LogP contribution < -0.4 is 5.32 Å².